The predicted octanol–water partition coefficient (Wildman–Crippen LogP) is 2.54. The summed E-state index contributed by atoms with van der Waals surface area (Å²) in [6, 6.07) is 9.43. The molecule has 0 saturated carbocycles. The summed E-state index contributed by atoms with van der Waals surface area (Å²) in [4.78, 5) is 16.0. The van der Waals surface area contributed by atoms with Crippen molar-refractivity contribution < 1.29 is 4.42 Å². The molecule has 1 unspecified atom stereocenters. The first-order valence-electron chi connectivity index (χ1n) is 5.58. The van der Waals surface area contributed by atoms with E-state index in [1.807, 2.05) is 24.3 Å². The van der Waals surface area contributed by atoms with E-state index in [9.17, 15) is 4.79 Å². The lowest BCUT2D eigenvalue weighted by atomic mass is 10.1. The van der Waals surface area contributed by atoms with Gasteiger partial charge in [0.15, 0.2) is 5.58 Å². The van der Waals surface area contributed by atoms with Crippen LogP contribution in [0.5, 0.6) is 0 Å². The third-order valence-electron chi connectivity index (χ3n) is 2.87. The van der Waals surface area contributed by atoms with Crippen molar-refractivity contribution in [1.29, 1.82) is 0 Å². The Morgan fingerprint density at radius 2 is 2.17 bits per heavy atom. The van der Waals surface area contributed by atoms with Crippen LogP contribution in [0.3, 0.4) is 0 Å². The zero-order valence-corrected chi connectivity index (χ0v) is 10.6. The van der Waals surface area contributed by atoms with Crippen LogP contribution in [-0.2, 0) is 0 Å². The van der Waals surface area contributed by atoms with Crippen LogP contribution in [0.2, 0.25) is 0 Å². The average Bonchev–Trinajstić information content (AvgIpc) is 2.92. The predicted molar refractivity (Wildman–Crippen MR) is 71.9 cm³/mol. The van der Waals surface area contributed by atoms with Crippen LogP contribution in [0.15, 0.2) is 39.5 Å². The molecule has 3 N–H and O–H groups in total. The number of nitrogens with one attached hydrogen (secondary N) is 1. The van der Waals surface area contributed by atoms with Crippen molar-refractivity contribution in [2.45, 2.75) is 13.0 Å². The van der Waals surface area contributed by atoms with Gasteiger partial charge in [0.1, 0.15) is 0 Å². The number of hydrogen-bond acceptors (Lipinski definition) is 4. The summed E-state index contributed by atoms with van der Waals surface area (Å²) in [5.41, 5.74) is 8.38. The maximum absolute atomic E-state index is 11.1. The molecule has 2 heterocycles. The van der Waals surface area contributed by atoms with Gasteiger partial charge in [0.05, 0.1) is 11.6 Å². The standard InChI is InChI=1S/C13H12N2O2S/c1-7-2-5-11(18-7)12(14)8-3-4-9-10(6-8)17-13(16)15-9/h2-6,12H,14H2,1H3,(H,15,16). The molecule has 2 aromatic heterocycles. The first kappa shape index (κ1) is 11.3. The summed E-state index contributed by atoms with van der Waals surface area (Å²) in [5.74, 6) is -0.442. The molecule has 0 spiro atoms. The third kappa shape index (κ3) is 1.87. The zero-order valence-electron chi connectivity index (χ0n) is 9.77. The maximum Gasteiger partial charge on any atom is 0.417 e. The summed E-state index contributed by atoms with van der Waals surface area (Å²) in [5, 5.41) is 0. The molecule has 3 rings (SSSR count). The van der Waals surface area contributed by atoms with Crippen molar-refractivity contribution in [3.8, 4) is 0 Å². The fraction of sp³-hybridized carbons (Fsp3) is 0.154. The van der Waals surface area contributed by atoms with E-state index >= 15 is 0 Å². The molecule has 0 radical (unpaired) electrons. The third-order valence-corrected chi connectivity index (χ3v) is 3.96. The Kier molecular flexibility index (Phi) is 2.57. The van der Waals surface area contributed by atoms with Crippen LogP contribution in [-0.4, -0.2) is 4.98 Å². The van der Waals surface area contributed by atoms with Gasteiger partial charge in [0, 0.05) is 9.75 Å². The Labute approximate surface area is 107 Å². The lowest BCUT2D eigenvalue weighted by Crippen LogP contribution is -2.09. The monoisotopic (exact) mass is 260 g/mol. The molecule has 0 aliphatic rings. The zero-order chi connectivity index (χ0) is 12.7. The van der Waals surface area contributed by atoms with Gasteiger partial charge in [-0.05, 0) is 36.8 Å². The molecular weight excluding hydrogens is 248 g/mol. The van der Waals surface area contributed by atoms with Crippen molar-refractivity contribution >= 4 is 22.4 Å². The topological polar surface area (TPSA) is 72.0 Å². The Hall–Kier alpha value is -1.85. The van der Waals surface area contributed by atoms with Gasteiger partial charge < -0.3 is 10.2 Å². The van der Waals surface area contributed by atoms with Crippen LogP contribution in [0, 0.1) is 6.92 Å². The van der Waals surface area contributed by atoms with Gasteiger partial charge in [-0.15, -0.1) is 11.3 Å². The van der Waals surface area contributed by atoms with Crippen LogP contribution >= 0.6 is 11.3 Å². The van der Waals surface area contributed by atoms with E-state index < -0.39 is 5.76 Å². The molecule has 0 fully saturated rings. The highest BCUT2D eigenvalue weighted by atomic mass is 32.1. The molecule has 0 saturated heterocycles. The molecular formula is C13H12N2O2S. The second-order valence-corrected chi connectivity index (χ2v) is 5.52. The fourth-order valence-electron chi connectivity index (χ4n) is 1.94. The van der Waals surface area contributed by atoms with E-state index in [4.69, 9.17) is 10.2 Å². The van der Waals surface area contributed by atoms with Gasteiger partial charge in [0.25, 0.3) is 0 Å². The minimum Gasteiger partial charge on any atom is -0.408 e. The quantitative estimate of drug-likeness (QED) is 0.743. The molecule has 1 atom stereocenters. The van der Waals surface area contributed by atoms with Crippen molar-refractivity contribution in [3.63, 3.8) is 0 Å². The van der Waals surface area contributed by atoms with Gasteiger partial charge in [-0.1, -0.05) is 6.07 Å². The Morgan fingerprint density at radius 3 is 2.89 bits per heavy atom. The molecule has 4 nitrogen and oxygen atoms in total. The number of aryl methyl sites for hydroxylation is 1. The van der Waals surface area contributed by atoms with Gasteiger partial charge in [0.2, 0.25) is 0 Å². The number of fused-ring (bicyclic) bond motifs is 1. The van der Waals surface area contributed by atoms with Gasteiger partial charge in [-0.2, -0.15) is 0 Å². The number of aromatic amines is 1. The van der Waals surface area contributed by atoms with Crippen molar-refractivity contribution in [1.82, 2.24) is 4.98 Å². The number of oxazole rings is 1. The summed E-state index contributed by atoms with van der Waals surface area (Å²) < 4.78 is 5.04. The molecule has 0 amide bonds. The number of aromatic nitrogens is 1. The Bertz CT molecular complexity index is 754. The highest BCUT2D eigenvalue weighted by Gasteiger charge is 2.12. The molecule has 0 aliphatic heterocycles. The second kappa shape index (κ2) is 4.12. The number of H-pyrrole nitrogens is 1. The maximum atomic E-state index is 11.1. The lowest BCUT2D eigenvalue weighted by molar-refractivity contribution is 0.555. The first-order valence-corrected chi connectivity index (χ1v) is 6.40. The van der Waals surface area contributed by atoms with E-state index in [0.717, 1.165) is 10.4 Å². The number of nitrogens with two attached hydrogens (primary N) is 1. The first-order chi connectivity index (χ1) is 8.63. The van der Waals surface area contributed by atoms with E-state index in [1.54, 1.807) is 11.3 Å². The molecule has 0 bridgehead atoms. The number of benzene rings is 1. The SMILES string of the molecule is Cc1ccc(C(N)c2ccc3[nH]c(=O)oc3c2)s1. The summed E-state index contributed by atoms with van der Waals surface area (Å²) in [6.07, 6.45) is 0. The minimum absolute atomic E-state index is 0.187. The Morgan fingerprint density at radius 1 is 1.33 bits per heavy atom. The van der Waals surface area contributed by atoms with Crippen molar-refractivity contribution in [2.24, 2.45) is 5.73 Å². The molecule has 1 aromatic carbocycles. The molecule has 18 heavy (non-hydrogen) atoms. The summed E-state index contributed by atoms with van der Waals surface area (Å²) >= 11 is 1.68. The number of hydrogen-bond donors (Lipinski definition) is 2. The molecule has 0 aliphatic carbocycles. The van der Waals surface area contributed by atoms with Gasteiger partial charge >= 0.3 is 5.76 Å². The largest absolute Gasteiger partial charge is 0.417 e. The fourth-order valence-corrected chi connectivity index (χ4v) is 2.85. The smallest absolute Gasteiger partial charge is 0.408 e. The van der Waals surface area contributed by atoms with Crippen molar-refractivity contribution in [3.05, 3.63) is 56.2 Å². The van der Waals surface area contributed by atoms with Gasteiger partial charge in [-0.3, -0.25) is 4.98 Å². The van der Waals surface area contributed by atoms with Crippen molar-refractivity contribution in [2.75, 3.05) is 0 Å². The molecule has 3 aromatic rings. The highest BCUT2D eigenvalue weighted by molar-refractivity contribution is 7.12. The van der Waals surface area contributed by atoms with E-state index in [1.165, 1.54) is 4.88 Å². The average molecular weight is 260 g/mol. The van der Waals surface area contributed by atoms with E-state index in [0.29, 0.717) is 11.1 Å². The lowest BCUT2D eigenvalue weighted by Gasteiger charge is -2.09. The van der Waals surface area contributed by atoms with Crippen LogP contribution < -0.4 is 11.5 Å². The normalized spacial score (nSPS) is 13.0. The van der Waals surface area contributed by atoms with Crippen LogP contribution in [0.25, 0.3) is 11.1 Å². The van der Waals surface area contributed by atoms with Crippen LogP contribution in [0.4, 0.5) is 0 Å². The summed E-state index contributed by atoms with van der Waals surface area (Å²) in [6.45, 7) is 2.05. The Balaban J connectivity index is 2.05. The summed E-state index contributed by atoms with van der Waals surface area (Å²) in [7, 11) is 0. The van der Waals surface area contributed by atoms with Gasteiger partial charge in [-0.25, -0.2) is 4.79 Å². The van der Waals surface area contributed by atoms with Crippen LogP contribution in [0.1, 0.15) is 21.4 Å². The molecule has 92 valence electrons. The highest BCUT2D eigenvalue weighted by Crippen LogP contribution is 2.27. The molecule has 5 heteroatoms. The van der Waals surface area contributed by atoms with E-state index in [-0.39, 0.29) is 6.04 Å². The second-order valence-electron chi connectivity index (χ2n) is 4.20. The minimum atomic E-state index is -0.442. The van der Waals surface area contributed by atoms with E-state index in [2.05, 4.69) is 18.0 Å². The number of thiophene rings is 1. The number of rotatable bonds is 2.